The molecule has 0 aliphatic heterocycles. The Kier molecular flexibility index (Phi) is 5.59. The average Bonchev–Trinajstić information content (AvgIpc) is 1.85. The monoisotopic (exact) mass is 127 g/mol. The molecule has 0 aromatic carbocycles. The molecule has 0 spiro atoms. The summed E-state index contributed by atoms with van der Waals surface area (Å²) in [4.78, 5) is 10.7. The Bertz CT molecular complexity index is 76.6. The number of carbonyl (C=O) groups excluding carboxylic acids is 1. The van der Waals surface area contributed by atoms with E-state index in [9.17, 15) is 4.79 Å². The Morgan fingerprint density at radius 3 is 2.56 bits per heavy atom. The van der Waals surface area contributed by atoms with Crippen molar-refractivity contribution in [2.75, 3.05) is 0 Å². The first-order valence-corrected chi connectivity index (χ1v) is 3.67. The topological polar surface area (TPSA) is 17.1 Å². The van der Waals surface area contributed by atoms with Gasteiger partial charge < -0.3 is 0 Å². The van der Waals surface area contributed by atoms with Crippen LogP contribution in [0.3, 0.4) is 0 Å². The highest BCUT2D eigenvalue weighted by atomic mass is 16.1. The molecule has 9 heavy (non-hydrogen) atoms. The summed E-state index contributed by atoms with van der Waals surface area (Å²) in [5, 5.41) is 0. The molecule has 0 saturated heterocycles. The summed E-state index contributed by atoms with van der Waals surface area (Å²) in [7, 11) is 0. The van der Waals surface area contributed by atoms with Crippen molar-refractivity contribution in [3.63, 3.8) is 0 Å². The van der Waals surface area contributed by atoms with E-state index in [1.165, 1.54) is 0 Å². The van der Waals surface area contributed by atoms with Crippen LogP contribution in [0.1, 0.15) is 39.5 Å². The van der Waals surface area contributed by atoms with Gasteiger partial charge in [-0.3, -0.25) is 4.79 Å². The van der Waals surface area contributed by atoms with Gasteiger partial charge in [-0.05, 0) is 12.8 Å². The lowest BCUT2D eigenvalue weighted by atomic mass is 10.1. The molecule has 0 bridgehead atoms. The van der Waals surface area contributed by atoms with E-state index < -0.39 is 0 Å². The average molecular weight is 127 g/mol. The lowest BCUT2D eigenvalue weighted by Crippen LogP contribution is -1.96. The van der Waals surface area contributed by atoms with Crippen molar-refractivity contribution in [1.29, 1.82) is 0 Å². The molecular formula is C8H15O. The van der Waals surface area contributed by atoms with Gasteiger partial charge in [-0.25, -0.2) is 0 Å². The van der Waals surface area contributed by atoms with E-state index in [1.807, 2.05) is 6.92 Å². The third-order valence-electron chi connectivity index (χ3n) is 1.21. The molecule has 1 heteroatoms. The van der Waals surface area contributed by atoms with Crippen LogP contribution in [-0.4, -0.2) is 5.78 Å². The summed E-state index contributed by atoms with van der Waals surface area (Å²) in [5.41, 5.74) is 0. The van der Waals surface area contributed by atoms with E-state index in [4.69, 9.17) is 0 Å². The molecule has 0 saturated carbocycles. The van der Waals surface area contributed by atoms with E-state index in [-0.39, 0.29) is 0 Å². The number of carbonyl (C=O) groups is 1. The van der Waals surface area contributed by atoms with Gasteiger partial charge >= 0.3 is 0 Å². The second-order valence-corrected chi connectivity index (χ2v) is 2.18. The Labute approximate surface area is 57.5 Å². The Hall–Kier alpha value is -0.330. The van der Waals surface area contributed by atoms with E-state index in [0.717, 1.165) is 25.7 Å². The summed E-state index contributed by atoms with van der Waals surface area (Å²) >= 11 is 0. The molecule has 0 rings (SSSR count). The van der Waals surface area contributed by atoms with Gasteiger partial charge in [-0.2, -0.15) is 0 Å². The Morgan fingerprint density at radius 1 is 1.44 bits per heavy atom. The van der Waals surface area contributed by atoms with E-state index in [0.29, 0.717) is 5.78 Å². The molecule has 1 radical (unpaired) electrons. The number of ketones is 1. The van der Waals surface area contributed by atoms with Crippen molar-refractivity contribution < 1.29 is 4.79 Å². The predicted molar refractivity (Wildman–Crippen MR) is 39.1 cm³/mol. The van der Waals surface area contributed by atoms with Crippen LogP contribution in [0.2, 0.25) is 0 Å². The zero-order chi connectivity index (χ0) is 7.11. The Balaban J connectivity index is 3.06. The van der Waals surface area contributed by atoms with Crippen LogP contribution in [0.5, 0.6) is 0 Å². The van der Waals surface area contributed by atoms with E-state index in [1.54, 1.807) is 6.42 Å². The minimum atomic E-state index is 0.305. The molecule has 0 atom stereocenters. The second kappa shape index (κ2) is 5.80. The van der Waals surface area contributed by atoms with Crippen molar-refractivity contribution in [2.24, 2.45) is 0 Å². The minimum absolute atomic E-state index is 0.305. The van der Waals surface area contributed by atoms with E-state index >= 15 is 0 Å². The van der Waals surface area contributed by atoms with Crippen molar-refractivity contribution in [2.45, 2.75) is 39.5 Å². The SMILES string of the molecule is CC[CH]C(=O)CCCC. The smallest absolute Gasteiger partial charge is 0.136 e. The van der Waals surface area contributed by atoms with Crippen LogP contribution in [-0.2, 0) is 4.79 Å². The maximum Gasteiger partial charge on any atom is 0.136 e. The fourth-order valence-electron chi connectivity index (χ4n) is 0.681. The summed E-state index contributed by atoms with van der Waals surface area (Å²) in [6.45, 7) is 4.09. The molecule has 0 heterocycles. The first-order valence-electron chi connectivity index (χ1n) is 3.67. The molecule has 0 unspecified atom stereocenters. The number of rotatable bonds is 5. The minimum Gasteiger partial charge on any atom is -0.299 e. The van der Waals surface area contributed by atoms with Gasteiger partial charge in [0.1, 0.15) is 5.78 Å². The maximum atomic E-state index is 10.7. The van der Waals surface area contributed by atoms with Crippen LogP contribution >= 0.6 is 0 Å². The van der Waals surface area contributed by atoms with Crippen molar-refractivity contribution in [3.8, 4) is 0 Å². The standard InChI is InChI=1S/C8H15O/c1-3-5-7-8(9)6-4-2/h6H,3-5,7H2,1-2H3. The highest BCUT2D eigenvalue weighted by Crippen LogP contribution is 1.98. The lowest BCUT2D eigenvalue weighted by Gasteiger charge is -1.93. The van der Waals surface area contributed by atoms with Crippen molar-refractivity contribution in [3.05, 3.63) is 6.42 Å². The summed E-state index contributed by atoms with van der Waals surface area (Å²) < 4.78 is 0. The molecular weight excluding hydrogens is 112 g/mol. The first-order chi connectivity index (χ1) is 4.31. The third kappa shape index (κ3) is 5.54. The molecule has 0 aromatic rings. The number of Topliss-reactive ketones (excluding diaryl/α,β-unsaturated/α-hetero) is 1. The molecule has 0 amide bonds. The fraction of sp³-hybridized carbons (Fsp3) is 0.750. The van der Waals surface area contributed by atoms with Crippen LogP contribution in [0.25, 0.3) is 0 Å². The van der Waals surface area contributed by atoms with Gasteiger partial charge in [0.15, 0.2) is 0 Å². The van der Waals surface area contributed by atoms with Crippen molar-refractivity contribution in [1.82, 2.24) is 0 Å². The normalized spacial score (nSPS) is 9.56. The van der Waals surface area contributed by atoms with Gasteiger partial charge in [0.05, 0.1) is 0 Å². The molecule has 0 aliphatic rings. The van der Waals surface area contributed by atoms with E-state index in [2.05, 4.69) is 6.92 Å². The highest BCUT2D eigenvalue weighted by Gasteiger charge is 1.97. The molecule has 0 aromatic heterocycles. The summed E-state index contributed by atoms with van der Waals surface area (Å²) in [6.07, 6.45) is 5.53. The van der Waals surface area contributed by atoms with Crippen LogP contribution < -0.4 is 0 Å². The second-order valence-electron chi connectivity index (χ2n) is 2.18. The van der Waals surface area contributed by atoms with Crippen LogP contribution in [0, 0.1) is 6.42 Å². The first kappa shape index (κ1) is 8.67. The largest absolute Gasteiger partial charge is 0.299 e. The third-order valence-corrected chi connectivity index (χ3v) is 1.21. The molecule has 1 nitrogen and oxygen atoms in total. The van der Waals surface area contributed by atoms with Gasteiger partial charge in [0, 0.05) is 12.8 Å². The van der Waals surface area contributed by atoms with Gasteiger partial charge in [-0.1, -0.05) is 20.3 Å². The number of hydrogen-bond acceptors (Lipinski definition) is 1. The van der Waals surface area contributed by atoms with Gasteiger partial charge in [0.2, 0.25) is 0 Å². The van der Waals surface area contributed by atoms with Crippen LogP contribution in [0.15, 0.2) is 0 Å². The number of unbranched alkanes of at least 4 members (excludes halogenated alkanes) is 1. The maximum absolute atomic E-state index is 10.7. The molecule has 0 N–H and O–H groups in total. The van der Waals surface area contributed by atoms with Crippen LogP contribution in [0.4, 0.5) is 0 Å². The number of hydrogen-bond donors (Lipinski definition) is 0. The molecule has 0 fully saturated rings. The summed E-state index contributed by atoms with van der Waals surface area (Å²) in [6, 6.07) is 0. The highest BCUT2D eigenvalue weighted by molar-refractivity contribution is 5.86. The van der Waals surface area contributed by atoms with Gasteiger partial charge in [-0.15, -0.1) is 0 Å². The molecule has 53 valence electrons. The predicted octanol–water partition coefficient (Wildman–Crippen LogP) is 2.36. The summed E-state index contributed by atoms with van der Waals surface area (Å²) in [5.74, 6) is 0.305. The van der Waals surface area contributed by atoms with Crippen molar-refractivity contribution >= 4 is 5.78 Å². The zero-order valence-electron chi connectivity index (χ0n) is 6.31. The molecule has 0 aliphatic carbocycles. The zero-order valence-corrected chi connectivity index (χ0v) is 6.31. The quantitative estimate of drug-likeness (QED) is 0.554. The Morgan fingerprint density at radius 2 is 2.11 bits per heavy atom. The fourth-order valence-corrected chi connectivity index (χ4v) is 0.681. The lowest BCUT2D eigenvalue weighted by molar-refractivity contribution is -0.116. The van der Waals surface area contributed by atoms with Gasteiger partial charge in [0.25, 0.3) is 0 Å².